The molecule has 0 amide bonds. The van der Waals surface area contributed by atoms with Crippen molar-refractivity contribution < 1.29 is 0 Å². The van der Waals surface area contributed by atoms with E-state index in [4.69, 9.17) is 5.10 Å². The normalized spacial score (nSPS) is 18.5. The Morgan fingerprint density at radius 3 is 2.95 bits per heavy atom. The lowest BCUT2D eigenvalue weighted by Crippen LogP contribution is -2.11. The van der Waals surface area contributed by atoms with Crippen LogP contribution in [0.3, 0.4) is 0 Å². The first-order valence-electron chi connectivity index (χ1n) is 8.28. The second kappa shape index (κ2) is 5.55. The van der Waals surface area contributed by atoms with Crippen LogP contribution in [0.4, 0.5) is 5.69 Å². The molecule has 1 fully saturated rings. The molecule has 1 N–H and O–H groups in total. The number of rotatable bonds is 3. The molecule has 0 spiro atoms. The van der Waals surface area contributed by atoms with Gasteiger partial charge in [0.15, 0.2) is 0 Å². The van der Waals surface area contributed by atoms with Gasteiger partial charge in [-0.25, -0.2) is 0 Å². The number of aryl methyl sites for hydroxylation is 1. The fourth-order valence-electron chi connectivity index (χ4n) is 3.67. The minimum atomic E-state index is 0.643. The van der Waals surface area contributed by atoms with Crippen molar-refractivity contribution in [3.63, 3.8) is 0 Å². The molecule has 2 aromatic rings. The zero-order valence-electron chi connectivity index (χ0n) is 12.5. The molecule has 110 valence electrons. The molecular weight excluding hydrogens is 258 g/mol. The minimum Gasteiger partial charge on any atom is -0.385 e. The summed E-state index contributed by atoms with van der Waals surface area (Å²) >= 11 is 0. The third-order valence-corrected chi connectivity index (χ3v) is 4.86. The van der Waals surface area contributed by atoms with E-state index in [1.807, 2.05) is 0 Å². The third-order valence-electron chi connectivity index (χ3n) is 4.86. The molecule has 0 radical (unpaired) electrons. The maximum atomic E-state index is 4.80. The quantitative estimate of drug-likeness (QED) is 0.923. The first-order chi connectivity index (χ1) is 10.4. The average Bonchev–Trinajstić information content (AvgIpc) is 3.18. The Morgan fingerprint density at radius 1 is 1.14 bits per heavy atom. The van der Waals surface area contributed by atoms with Crippen molar-refractivity contribution in [2.75, 3.05) is 11.9 Å². The summed E-state index contributed by atoms with van der Waals surface area (Å²) in [5.41, 5.74) is 5.34. The van der Waals surface area contributed by atoms with E-state index in [2.05, 4.69) is 40.5 Å². The van der Waals surface area contributed by atoms with Crippen LogP contribution in [0.25, 0.3) is 0 Å². The lowest BCUT2D eigenvalue weighted by atomic mass is 9.99. The number of benzene rings is 1. The van der Waals surface area contributed by atoms with Crippen LogP contribution in [0.5, 0.6) is 0 Å². The molecule has 3 nitrogen and oxygen atoms in total. The van der Waals surface area contributed by atoms with Crippen LogP contribution in [-0.2, 0) is 12.8 Å². The van der Waals surface area contributed by atoms with Gasteiger partial charge >= 0.3 is 0 Å². The molecule has 2 aliphatic rings. The van der Waals surface area contributed by atoms with E-state index in [9.17, 15) is 0 Å². The second-order valence-electron chi connectivity index (χ2n) is 6.42. The Balaban J connectivity index is 1.50. The lowest BCUT2D eigenvalue weighted by Gasteiger charge is -2.18. The summed E-state index contributed by atoms with van der Waals surface area (Å²) in [6.07, 6.45) is 10.9. The Labute approximate surface area is 126 Å². The second-order valence-corrected chi connectivity index (χ2v) is 6.42. The molecule has 1 aromatic carbocycles. The first kappa shape index (κ1) is 12.9. The predicted molar refractivity (Wildman–Crippen MR) is 85.8 cm³/mol. The van der Waals surface area contributed by atoms with Gasteiger partial charge in [-0.3, -0.25) is 4.68 Å². The van der Waals surface area contributed by atoms with Crippen molar-refractivity contribution in [3.8, 4) is 0 Å². The Hall–Kier alpha value is -1.77. The average molecular weight is 281 g/mol. The monoisotopic (exact) mass is 281 g/mol. The molecular formula is C18H23N3. The van der Waals surface area contributed by atoms with Gasteiger partial charge in [0.2, 0.25) is 0 Å². The van der Waals surface area contributed by atoms with Crippen LogP contribution in [0.1, 0.15) is 55.0 Å². The van der Waals surface area contributed by atoms with Crippen molar-refractivity contribution in [1.82, 2.24) is 9.78 Å². The van der Waals surface area contributed by atoms with E-state index in [-0.39, 0.29) is 0 Å². The van der Waals surface area contributed by atoms with Gasteiger partial charge in [-0.15, -0.1) is 0 Å². The van der Waals surface area contributed by atoms with Gasteiger partial charge in [0.1, 0.15) is 0 Å². The van der Waals surface area contributed by atoms with Crippen LogP contribution in [0, 0.1) is 0 Å². The highest BCUT2D eigenvalue weighted by Crippen LogP contribution is 2.29. The first-order valence-corrected chi connectivity index (χ1v) is 8.28. The molecule has 21 heavy (non-hydrogen) atoms. The molecule has 1 aromatic heterocycles. The van der Waals surface area contributed by atoms with Crippen molar-refractivity contribution in [1.29, 1.82) is 0 Å². The summed E-state index contributed by atoms with van der Waals surface area (Å²) in [6.45, 7) is 1.10. The van der Waals surface area contributed by atoms with Gasteiger partial charge < -0.3 is 5.32 Å². The molecule has 4 rings (SSSR count). The number of aromatic nitrogens is 2. The van der Waals surface area contributed by atoms with Gasteiger partial charge in [0.05, 0.1) is 11.7 Å². The highest BCUT2D eigenvalue weighted by molar-refractivity contribution is 5.55. The number of nitrogens with zero attached hydrogens (tertiary/aromatic N) is 2. The summed E-state index contributed by atoms with van der Waals surface area (Å²) in [5.74, 6) is 0. The number of anilines is 1. The largest absolute Gasteiger partial charge is 0.385 e. The van der Waals surface area contributed by atoms with E-state index in [1.54, 1.807) is 0 Å². The molecule has 0 unspecified atom stereocenters. The number of hydrogen-bond acceptors (Lipinski definition) is 2. The van der Waals surface area contributed by atoms with Crippen molar-refractivity contribution in [2.45, 2.75) is 51.0 Å². The Bertz CT molecular complexity index is 623. The molecule has 1 aliphatic carbocycles. The molecule has 0 saturated heterocycles. The SMILES string of the molecule is c1cc2c(cc1Cc1ccn(C3CCCC3)n1)NCCC2. The fourth-order valence-corrected chi connectivity index (χ4v) is 3.67. The molecule has 1 aliphatic heterocycles. The van der Waals surface area contributed by atoms with Gasteiger partial charge in [0.25, 0.3) is 0 Å². The van der Waals surface area contributed by atoms with Crippen LogP contribution in [0.2, 0.25) is 0 Å². The number of hydrogen-bond donors (Lipinski definition) is 1. The summed E-state index contributed by atoms with van der Waals surface area (Å²) in [4.78, 5) is 0. The number of fused-ring (bicyclic) bond motifs is 1. The van der Waals surface area contributed by atoms with Crippen LogP contribution in [0.15, 0.2) is 30.5 Å². The van der Waals surface area contributed by atoms with E-state index in [0.717, 1.165) is 13.0 Å². The Kier molecular flexibility index (Phi) is 3.42. The maximum Gasteiger partial charge on any atom is 0.0668 e. The molecule has 1 saturated carbocycles. The van der Waals surface area contributed by atoms with E-state index in [0.29, 0.717) is 6.04 Å². The smallest absolute Gasteiger partial charge is 0.0668 e. The van der Waals surface area contributed by atoms with E-state index < -0.39 is 0 Å². The summed E-state index contributed by atoms with van der Waals surface area (Å²) in [5, 5.41) is 8.31. The van der Waals surface area contributed by atoms with E-state index in [1.165, 1.54) is 61.0 Å². The summed E-state index contributed by atoms with van der Waals surface area (Å²) in [7, 11) is 0. The molecule has 0 bridgehead atoms. The predicted octanol–water partition coefficient (Wildman–Crippen LogP) is 3.95. The Morgan fingerprint density at radius 2 is 2.05 bits per heavy atom. The van der Waals surface area contributed by atoms with Crippen molar-refractivity contribution >= 4 is 5.69 Å². The summed E-state index contributed by atoms with van der Waals surface area (Å²) < 4.78 is 2.19. The standard InChI is InChI=1S/C18H23N3/c1-2-6-17(5-1)21-11-9-16(20-21)12-14-7-8-15-4-3-10-19-18(15)13-14/h7-9,11,13,17,19H,1-6,10,12H2. The zero-order chi connectivity index (χ0) is 14.1. The minimum absolute atomic E-state index is 0.643. The van der Waals surface area contributed by atoms with Crippen LogP contribution in [-0.4, -0.2) is 16.3 Å². The topological polar surface area (TPSA) is 29.9 Å². The zero-order valence-corrected chi connectivity index (χ0v) is 12.5. The van der Waals surface area contributed by atoms with E-state index >= 15 is 0 Å². The van der Waals surface area contributed by atoms with Crippen molar-refractivity contribution in [3.05, 3.63) is 47.3 Å². The lowest BCUT2D eigenvalue weighted by molar-refractivity contribution is 0.463. The fraction of sp³-hybridized carbons (Fsp3) is 0.500. The molecule has 2 heterocycles. The summed E-state index contributed by atoms with van der Waals surface area (Å²) in [6, 6.07) is 9.68. The highest BCUT2D eigenvalue weighted by Gasteiger charge is 2.17. The van der Waals surface area contributed by atoms with Crippen molar-refractivity contribution in [2.24, 2.45) is 0 Å². The number of nitrogens with one attached hydrogen (secondary N) is 1. The molecule has 0 atom stereocenters. The van der Waals surface area contributed by atoms with Gasteiger partial charge in [-0.2, -0.15) is 5.10 Å². The highest BCUT2D eigenvalue weighted by atomic mass is 15.3. The van der Waals surface area contributed by atoms with Gasteiger partial charge in [0, 0.05) is 24.8 Å². The third kappa shape index (κ3) is 2.69. The van der Waals surface area contributed by atoms with Gasteiger partial charge in [-0.05, 0) is 48.9 Å². The van der Waals surface area contributed by atoms with Crippen LogP contribution < -0.4 is 5.32 Å². The van der Waals surface area contributed by atoms with Gasteiger partial charge in [-0.1, -0.05) is 25.0 Å². The maximum absolute atomic E-state index is 4.80. The van der Waals surface area contributed by atoms with Crippen LogP contribution >= 0.6 is 0 Å². The molecule has 3 heteroatoms.